The molecule has 2 rings (SSSR count). The SMILES string of the molecule is CCOC(=O)N1CCC(NC(N)=NCCC2CC2)CC1.I. The molecule has 0 radical (unpaired) electrons. The van der Waals surface area contributed by atoms with E-state index in [1.807, 2.05) is 6.92 Å². The number of carbonyl (C=O) groups excluding carboxylic acids is 1. The number of carbonyl (C=O) groups is 1. The van der Waals surface area contributed by atoms with Gasteiger partial charge in [-0.3, -0.25) is 4.99 Å². The van der Waals surface area contributed by atoms with Crippen LogP contribution in [0.1, 0.15) is 39.0 Å². The van der Waals surface area contributed by atoms with Crippen molar-refractivity contribution in [1.82, 2.24) is 10.2 Å². The highest BCUT2D eigenvalue weighted by atomic mass is 127. The Morgan fingerprint density at radius 2 is 2.00 bits per heavy atom. The zero-order valence-corrected chi connectivity index (χ0v) is 15.0. The van der Waals surface area contributed by atoms with Crippen LogP contribution in [0, 0.1) is 5.92 Å². The third kappa shape index (κ3) is 6.71. The predicted octanol–water partition coefficient (Wildman–Crippen LogP) is 1.93. The lowest BCUT2D eigenvalue weighted by Crippen LogP contribution is -2.48. The summed E-state index contributed by atoms with van der Waals surface area (Å²) in [5.74, 6) is 1.43. The van der Waals surface area contributed by atoms with Gasteiger partial charge in [0.25, 0.3) is 0 Å². The maximum atomic E-state index is 11.6. The lowest BCUT2D eigenvalue weighted by Gasteiger charge is -2.31. The van der Waals surface area contributed by atoms with Crippen LogP contribution in [-0.4, -0.2) is 49.2 Å². The first-order valence-corrected chi connectivity index (χ1v) is 7.67. The minimum Gasteiger partial charge on any atom is -0.450 e. The summed E-state index contributed by atoms with van der Waals surface area (Å²) in [6, 6.07) is 0.311. The second-order valence-corrected chi connectivity index (χ2v) is 5.60. The van der Waals surface area contributed by atoms with Crippen LogP contribution in [0.15, 0.2) is 4.99 Å². The van der Waals surface area contributed by atoms with E-state index in [2.05, 4.69) is 10.3 Å². The van der Waals surface area contributed by atoms with Gasteiger partial charge in [0.05, 0.1) is 6.61 Å². The van der Waals surface area contributed by atoms with Gasteiger partial charge in [0.15, 0.2) is 5.96 Å². The number of hydrogen-bond acceptors (Lipinski definition) is 3. The summed E-state index contributed by atoms with van der Waals surface area (Å²) in [6.45, 7) is 4.51. The van der Waals surface area contributed by atoms with Crippen LogP contribution in [0.3, 0.4) is 0 Å². The summed E-state index contributed by atoms with van der Waals surface area (Å²) in [4.78, 5) is 17.7. The lowest BCUT2D eigenvalue weighted by molar-refractivity contribution is 0.0963. The smallest absolute Gasteiger partial charge is 0.409 e. The number of rotatable bonds is 5. The van der Waals surface area contributed by atoms with Gasteiger partial charge < -0.3 is 20.7 Å². The number of halogens is 1. The molecule has 21 heavy (non-hydrogen) atoms. The predicted molar refractivity (Wildman–Crippen MR) is 94.0 cm³/mol. The number of aliphatic imine (C=N–C) groups is 1. The number of amides is 1. The number of nitrogens with two attached hydrogens (primary N) is 1. The van der Waals surface area contributed by atoms with Crippen LogP contribution in [0.25, 0.3) is 0 Å². The van der Waals surface area contributed by atoms with Crippen molar-refractivity contribution in [2.24, 2.45) is 16.6 Å². The fourth-order valence-corrected chi connectivity index (χ4v) is 2.45. The Bertz CT molecular complexity index is 353. The van der Waals surface area contributed by atoms with Gasteiger partial charge in [-0.1, -0.05) is 12.8 Å². The van der Waals surface area contributed by atoms with Gasteiger partial charge in [0.2, 0.25) is 0 Å². The quantitative estimate of drug-likeness (QED) is 0.413. The van der Waals surface area contributed by atoms with Crippen LogP contribution in [0.2, 0.25) is 0 Å². The Balaban J connectivity index is 0.00000220. The number of nitrogens with zero attached hydrogens (tertiary/aromatic N) is 2. The minimum absolute atomic E-state index is 0. The second kappa shape index (κ2) is 9.32. The van der Waals surface area contributed by atoms with E-state index in [1.165, 1.54) is 12.8 Å². The molecule has 0 aromatic heterocycles. The largest absolute Gasteiger partial charge is 0.450 e. The Kier molecular flexibility index (Phi) is 8.13. The zero-order chi connectivity index (χ0) is 14.4. The van der Waals surface area contributed by atoms with E-state index in [1.54, 1.807) is 4.90 Å². The lowest BCUT2D eigenvalue weighted by atomic mass is 10.1. The molecule has 2 fully saturated rings. The molecule has 0 aromatic carbocycles. The Morgan fingerprint density at radius 3 is 2.57 bits per heavy atom. The highest BCUT2D eigenvalue weighted by Gasteiger charge is 2.24. The van der Waals surface area contributed by atoms with Crippen molar-refractivity contribution in [2.75, 3.05) is 26.2 Å². The molecule has 1 aliphatic carbocycles. The van der Waals surface area contributed by atoms with Crippen LogP contribution in [-0.2, 0) is 4.74 Å². The summed E-state index contributed by atoms with van der Waals surface area (Å²) in [6.07, 6.45) is 5.43. The monoisotopic (exact) mass is 410 g/mol. The first-order valence-electron chi connectivity index (χ1n) is 7.67. The van der Waals surface area contributed by atoms with E-state index in [9.17, 15) is 4.79 Å². The molecule has 0 bridgehead atoms. The molecule has 0 aromatic rings. The standard InChI is InChI=1S/C14H26N4O2.HI/c1-2-20-14(19)18-9-6-12(7-10-18)17-13(15)16-8-5-11-3-4-11;/h11-12H,2-10H2,1H3,(H3,15,16,17);1H. The molecule has 0 spiro atoms. The summed E-state index contributed by atoms with van der Waals surface area (Å²) < 4.78 is 5.00. The number of ether oxygens (including phenoxy) is 1. The van der Waals surface area contributed by atoms with Crippen LogP contribution >= 0.6 is 24.0 Å². The van der Waals surface area contributed by atoms with Crippen molar-refractivity contribution >= 4 is 36.0 Å². The van der Waals surface area contributed by atoms with Gasteiger partial charge >= 0.3 is 6.09 Å². The van der Waals surface area contributed by atoms with Gasteiger partial charge in [0.1, 0.15) is 0 Å². The number of hydrogen-bond donors (Lipinski definition) is 2. The van der Waals surface area contributed by atoms with Crippen molar-refractivity contribution in [1.29, 1.82) is 0 Å². The van der Waals surface area contributed by atoms with Crippen molar-refractivity contribution in [3.8, 4) is 0 Å². The summed E-state index contributed by atoms with van der Waals surface area (Å²) >= 11 is 0. The van der Waals surface area contributed by atoms with Gasteiger partial charge in [-0.15, -0.1) is 24.0 Å². The molecule has 1 saturated carbocycles. The van der Waals surface area contributed by atoms with Crippen molar-refractivity contribution in [2.45, 2.75) is 45.1 Å². The Hall–Kier alpha value is -0.730. The maximum Gasteiger partial charge on any atom is 0.409 e. The number of guanidine groups is 1. The van der Waals surface area contributed by atoms with Gasteiger partial charge in [-0.25, -0.2) is 4.79 Å². The van der Waals surface area contributed by atoms with Crippen LogP contribution in [0.5, 0.6) is 0 Å². The van der Waals surface area contributed by atoms with Gasteiger partial charge in [-0.05, 0) is 32.1 Å². The van der Waals surface area contributed by atoms with Crippen molar-refractivity contribution < 1.29 is 9.53 Å². The number of piperidine rings is 1. The topological polar surface area (TPSA) is 80.0 Å². The molecule has 1 heterocycles. The average Bonchev–Trinajstić information content (AvgIpc) is 3.24. The molecule has 7 heteroatoms. The van der Waals surface area contributed by atoms with Gasteiger partial charge in [-0.2, -0.15) is 0 Å². The fourth-order valence-electron chi connectivity index (χ4n) is 2.45. The Morgan fingerprint density at radius 1 is 1.33 bits per heavy atom. The van der Waals surface area contributed by atoms with Crippen molar-refractivity contribution in [3.63, 3.8) is 0 Å². The van der Waals surface area contributed by atoms with E-state index in [-0.39, 0.29) is 30.1 Å². The summed E-state index contributed by atoms with van der Waals surface area (Å²) in [5, 5.41) is 3.25. The molecule has 3 N–H and O–H groups in total. The molecule has 0 unspecified atom stereocenters. The molecule has 0 atom stereocenters. The van der Waals surface area contributed by atoms with Crippen LogP contribution in [0.4, 0.5) is 4.79 Å². The summed E-state index contributed by atoms with van der Waals surface area (Å²) in [7, 11) is 0. The minimum atomic E-state index is -0.211. The molecular formula is C14H27IN4O2. The van der Waals surface area contributed by atoms with E-state index in [0.29, 0.717) is 31.7 Å². The van der Waals surface area contributed by atoms with Crippen molar-refractivity contribution in [3.05, 3.63) is 0 Å². The molecular weight excluding hydrogens is 383 g/mol. The first kappa shape index (κ1) is 18.3. The van der Waals surface area contributed by atoms with Crippen LogP contribution < -0.4 is 11.1 Å². The molecule has 2 aliphatic rings. The molecule has 6 nitrogen and oxygen atoms in total. The number of nitrogens with one attached hydrogen (secondary N) is 1. The second-order valence-electron chi connectivity index (χ2n) is 5.60. The highest BCUT2D eigenvalue weighted by Crippen LogP contribution is 2.32. The fraction of sp³-hybridized carbons (Fsp3) is 0.857. The third-order valence-electron chi connectivity index (χ3n) is 3.89. The average molecular weight is 410 g/mol. The third-order valence-corrected chi connectivity index (χ3v) is 3.89. The zero-order valence-electron chi connectivity index (χ0n) is 12.7. The molecule has 122 valence electrons. The number of likely N-dealkylation sites (tertiary alicyclic amines) is 1. The van der Waals surface area contributed by atoms with Gasteiger partial charge in [0, 0.05) is 25.7 Å². The Labute approximate surface area is 143 Å². The van der Waals surface area contributed by atoms with E-state index >= 15 is 0 Å². The highest BCUT2D eigenvalue weighted by molar-refractivity contribution is 14.0. The molecule has 1 amide bonds. The first-order chi connectivity index (χ1) is 9.69. The van der Waals surface area contributed by atoms with E-state index in [0.717, 1.165) is 31.7 Å². The maximum absolute atomic E-state index is 11.6. The normalized spacial score (nSPS) is 19.9. The molecule has 1 aliphatic heterocycles. The van der Waals surface area contributed by atoms with E-state index < -0.39 is 0 Å². The molecule has 1 saturated heterocycles. The summed E-state index contributed by atoms with van der Waals surface area (Å²) in [5.41, 5.74) is 5.89. The van der Waals surface area contributed by atoms with E-state index in [4.69, 9.17) is 10.5 Å².